The van der Waals surface area contributed by atoms with Crippen LogP contribution in [-0.4, -0.2) is 45.8 Å². The van der Waals surface area contributed by atoms with Crippen molar-refractivity contribution in [1.82, 2.24) is 20.0 Å². The molecule has 5 nitrogen and oxygen atoms in total. The zero-order valence-corrected chi connectivity index (χ0v) is 14.1. The third-order valence-corrected chi connectivity index (χ3v) is 6.24. The minimum atomic E-state index is 0.0800. The van der Waals surface area contributed by atoms with Gasteiger partial charge in [-0.15, -0.1) is 0 Å². The molecule has 0 spiro atoms. The molecule has 1 aromatic heterocycles. The zero-order chi connectivity index (χ0) is 15.8. The van der Waals surface area contributed by atoms with Crippen LogP contribution in [0.4, 0.5) is 0 Å². The average Bonchev–Trinajstić information content (AvgIpc) is 3.20. The molecular weight excluding hydrogens is 288 g/mol. The Kier molecular flexibility index (Phi) is 4.14. The second-order valence-electron chi connectivity index (χ2n) is 7.59. The van der Waals surface area contributed by atoms with Gasteiger partial charge in [0.15, 0.2) is 0 Å². The van der Waals surface area contributed by atoms with Gasteiger partial charge in [0.1, 0.15) is 0 Å². The van der Waals surface area contributed by atoms with E-state index in [1.165, 1.54) is 31.4 Å². The van der Waals surface area contributed by atoms with Crippen LogP contribution in [0.5, 0.6) is 0 Å². The number of piperidine rings is 1. The molecule has 4 rings (SSSR count). The summed E-state index contributed by atoms with van der Waals surface area (Å²) in [5.74, 6) is 1.64. The summed E-state index contributed by atoms with van der Waals surface area (Å²) in [5, 5.41) is 7.91. The van der Waals surface area contributed by atoms with E-state index in [1.54, 1.807) is 0 Å². The minimum Gasteiger partial charge on any atom is -0.341 e. The van der Waals surface area contributed by atoms with Gasteiger partial charge in [0.2, 0.25) is 5.91 Å². The van der Waals surface area contributed by atoms with Gasteiger partial charge in [0.05, 0.1) is 6.04 Å². The van der Waals surface area contributed by atoms with Crippen LogP contribution in [0.2, 0.25) is 0 Å². The first-order valence-corrected chi connectivity index (χ1v) is 9.25. The number of aromatic nitrogens is 2. The van der Waals surface area contributed by atoms with E-state index in [0.717, 1.165) is 38.3 Å². The highest BCUT2D eigenvalue weighted by Gasteiger charge is 2.40. The lowest BCUT2D eigenvalue weighted by molar-refractivity contribution is -0.134. The van der Waals surface area contributed by atoms with E-state index >= 15 is 0 Å². The topological polar surface area (TPSA) is 50.2 Å². The van der Waals surface area contributed by atoms with Crippen molar-refractivity contribution in [2.45, 2.75) is 62.9 Å². The molecule has 0 radical (unpaired) electrons. The maximum atomic E-state index is 12.8. The molecule has 5 heteroatoms. The number of fused-ring (bicyclic) bond motifs is 1. The second kappa shape index (κ2) is 6.27. The van der Waals surface area contributed by atoms with Crippen LogP contribution >= 0.6 is 0 Å². The van der Waals surface area contributed by atoms with Crippen molar-refractivity contribution in [3.8, 4) is 0 Å². The molecule has 1 amide bonds. The smallest absolute Gasteiger partial charge is 0.239 e. The molecule has 0 aromatic carbocycles. The molecule has 23 heavy (non-hydrogen) atoms. The number of aryl methyl sites for hydroxylation is 1. The molecule has 3 unspecified atom stereocenters. The fourth-order valence-corrected chi connectivity index (χ4v) is 4.91. The largest absolute Gasteiger partial charge is 0.341 e. The number of carbonyl (C=O) groups excluding carboxylic acids is 1. The lowest BCUT2D eigenvalue weighted by atomic mass is 9.85. The number of rotatable bonds is 2. The van der Waals surface area contributed by atoms with Crippen molar-refractivity contribution in [3.05, 3.63) is 18.0 Å². The molecule has 126 valence electrons. The molecule has 3 aliphatic rings. The third kappa shape index (κ3) is 2.91. The van der Waals surface area contributed by atoms with E-state index < -0.39 is 0 Å². The molecule has 3 atom stereocenters. The Morgan fingerprint density at radius 1 is 1.22 bits per heavy atom. The Balaban J connectivity index is 1.33. The quantitative estimate of drug-likeness (QED) is 0.908. The lowest BCUT2D eigenvalue weighted by Gasteiger charge is -2.33. The highest BCUT2D eigenvalue weighted by molar-refractivity contribution is 5.82. The number of nitrogens with one attached hydrogen (secondary N) is 1. The van der Waals surface area contributed by atoms with Gasteiger partial charge in [-0.25, -0.2) is 0 Å². The van der Waals surface area contributed by atoms with Crippen LogP contribution in [0.1, 0.15) is 56.6 Å². The molecule has 3 fully saturated rings. The van der Waals surface area contributed by atoms with E-state index in [9.17, 15) is 4.79 Å². The Morgan fingerprint density at radius 3 is 2.70 bits per heavy atom. The Labute approximate surface area is 138 Å². The average molecular weight is 316 g/mol. The molecule has 1 aliphatic carbocycles. The zero-order valence-electron chi connectivity index (χ0n) is 14.1. The maximum Gasteiger partial charge on any atom is 0.239 e. The monoisotopic (exact) mass is 316 g/mol. The van der Waals surface area contributed by atoms with Gasteiger partial charge in [0, 0.05) is 44.0 Å². The summed E-state index contributed by atoms with van der Waals surface area (Å²) in [6.45, 7) is 1.78. The van der Waals surface area contributed by atoms with Gasteiger partial charge < -0.3 is 10.2 Å². The molecule has 1 N–H and O–H groups in total. The first kappa shape index (κ1) is 15.2. The van der Waals surface area contributed by atoms with Crippen LogP contribution in [-0.2, 0) is 11.8 Å². The van der Waals surface area contributed by atoms with E-state index in [0.29, 0.717) is 17.9 Å². The van der Waals surface area contributed by atoms with Crippen molar-refractivity contribution >= 4 is 5.91 Å². The van der Waals surface area contributed by atoms with Gasteiger partial charge in [-0.3, -0.25) is 9.48 Å². The second-order valence-corrected chi connectivity index (χ2v) is 7.59. The Morgan fingerprint density at radius 2 is 2.00 bits per heavy atom. The summed E-state index contributed by atoms with van der Waals surface area (Å²) in [6, 6.07) is 2.80. The molecular formula is C18H28N4O. The number of carbonyl (C=O) groups is 1. The number of hydrogen-bond donors (Lipinski definition) is 1. The van der Waals surface area contributed by atoms with E-state index in [2.05, 4.69) is 21.4 Å². The summed E-state index contributed by atoms with van der Waals surface area (Å²) in [6.07, 6.45) is 10.3. The Bertz CT molecular complexity index is 547. The van der Waals surface area contributed by atoms with Crippen molar-refractivity contribution in [3.63, 3.8) is 0 Å². The first-order valence-electron chi connectivity index (χ1n) is 9.25. The highest BCUT2D eigenvalue weighted by Crippen LogP contribution is 2.34. The first-order chi connectivity index (χ1) is 11.2. The SMILES string of the molecule is Cn1nccc1C1CCN(C(=O)C2CC3CCCCC3N2)CC1. The summed E-state index contributed by atoms with van der Waals surface area (Å²) in [7, 11) is 2.01. The van der Waals surface area contributed by atoms with E-state index in [-0.39, 0.29) is 6.04 Å². The van der Waals surface area contributed by atoms with Crippen LogP contribution in [0.3, 0.4) is 0 Å². The molecule has 3 heterocycles. The maximum absolute atomic E-state index is 12.8. The fourth-order valence-electron chi connectivity index (χ4n) is 4.91. The van der Waals surface area contributed by atoms with Crippen LogP contribution in [0, 0.1) is 5.92 Å². The molecule has 2 saturated heterocycles. The number of hydrogen-bond acceptors (Lipinski definition) is 3. The normalized spacial score (nSPS) is 32.0. The summed E-state index contributed by atoms with van der Waals surface area (Å²) < 4.78 is 1.98. The molecule has 2 aliphatic heterocycles. The number of nitrogens with zero attached hydrogens (tertiary/aromatic N) is 3. The third-order valence-electron chi connectivity index (χ3n) is 6.24. The predicted octanol–water partition coefficient (Wildman–Crippen LogP) is 2.05. The molecule has 1 aromatic rings. The van der Waals surface area contributed by atoms with Crippen molar-refractivity contribution < 1.29 is 4.79 Å². The van der Waals surface area contributed by atoms with E-state index in [1.807, 2.05) is 17.9 Å². The fraction of sp³-hybridized carbons (Fsp3) is 0.778. The van der Waals surface area contributed by atoms with Gasteiger partial charge in [-0.05, 0) is 44.1 Å². The van der Waals surface area contributed by atoms with Crippen molar-refractivity contribution in [1.29, 1.82) is 0 Å². The summed E-state index contributed by atoms with van der Waals surface area (Å²) in [5.41, 5.74) is 1.31. The van der Waals surface area contributed by atoms with Gasteiger partial charge in [-0.2, -0.15) is 5.10 Å². The predicted molar refractivity (Wildman–Crippen MR) is 89.0 cm³/mol. The Hall–Kier alpha value is -1.36. The molecule has 0 bridgehead atoms. The van der Waals surface area contributed by atoms with E-state index in [4.69, 9.17) is 0 Å². The lowest BCUT2D eigenvalue weighted by Crippen LogP contribution is -2.48. The van der Waals surface area contributed by atoms with Gasteiger partial charge >= 0.3 is 0 Å². The standard InChI is InChI=1S/C18H28N4O/c1-21-17(6-9-19-21)13-7-10-22(11-8-13)18(23)16-12-14-4-2-3-5-15(14)20-16/h6,9,13-16,20H,2-5,7-8,10-12H2,1H3. The summed E-state index contributed by atoms with van der Waals surface area (Å²) >= 11 is 0. The van der Waals surface area contributed by atoms with Gasteiger partial charge in [0.25, 0.3) is 0 Å². The van der Waals surface area contributed by atoms with Crippen LogP contribution < -0.4 is 5.32 Å². The van der Waals surface area contributed by atoms with Crippen LogP contribution in [0.25, 0.3) is 0 Å². The number of likely N-dealkylation sites (tertiary alicyclic amines) is 1. The van der Waals surface area contributed by atoms with Gasteiger partial charge in [-0.1, -0.05) is 12.8 Å². The molecule has 1 saturated carbocycles. The van der Waals surface area contributed by atoms with Crippen molar-refractivity contribution in [2.24, 2.45) is 13.0 Å². The number of amides is 1. The van der Waals surface area contributed by atoms with Crippen LogP contribution in [0.15, 0.2) is 12.3 Å². The minimum absolute atomic E-state index is 0.0800. The van der Waals surface area contributed by atoms with Crippen molar-refractivity contribution in [2.75, 3.05) is 13.1 Å². The summed E-state index contributed by atoms with van der Waals surface area (Å²) in [4.78, 5) is 14.9. The highest BCUT2D eigenvalue weighted by atomic mass is 16.2.